The first-order valence-electron chi connectivity index (χ1n) is 9.29. The monoisotopic (exact) mass is 382 g/mol. The zero-order valence-electron chi connectivity index (χ0n) is 15.8. The lowest BCUT2D eigenvalue weighted by Crippen LogP contribution is -2.43. The summed E-state index contributed by atoms with van der Waals surface area (Å²) in [5.41, 5.74) is 0.754. The molecule has 1 aromatic carbocycles. The van der Waals surface area contributed by atoms with Crippen LogP contribution in [0.3, 0.4) is 0 Å². The summed E-state index contributed by atoms with van der Waals surface area (Å²) in [6, 6.07) is 8.55. The number of rotatable bonds is 8. The number of nitrogens with zero attached hydrogens (tertiary/aromatic N) is 1. The maximum atomic E-state index is 12.5. The Morgan fingerprint density at radius 3 is 2.38 bits per heavy atom. The van der Waals surface area contributed by atoms with Gasteiger partial charge >= 0.3 is 5.97 Å². The number of halogens is 1. The summed E-state index contributed by atoms with van der Waals surface area (Å²) >= 11 is 0. The van der Waals surface area contributed by atoms with Crippen molar-refractivity contribution >= 4 is 24.3 Å². The van der Waals surface area contributed by atoms with E-state index in [-0.39, 0.29) is 24.3 Å². The highest BCUT2D eigenvalue weighted by atomic mass is 35.5. The van der Waals surface area contributed by atoms with Crippen LogP contribution in [0.2, 0.25) is 0 Å². The number of benzene rings is 1. The lowest BCUT2D eigenvalue weighted by Gasteiger charge is -2.26. The van der Waals surface area contributed by atoms with Crippen LogP contribution in [0.5, 0.6) is 0 Å². The van der Waals surface area contributed by atoms with E-state index in [1.54, 1.807) is 0 Å². The van der Waals surface area contributed by atoms with Crippen LogP contribution in [0.25, 0.3) is 0 Å². The fraction of sp³-hybridized carbons (Fsp3) is 0.600. The SMILES string of the molecule is CC(C)CCOC(=O)[C@@H](NC(=O)CN1CCCCC1)c1ccccc1.Cl. The van der Waals surface area contributed by atoms with E-state index < -0.39 is 6.04 Å². The predicted molar refractivity (Wildman–Crippen MR) is 105 cm³/mol. The van der Waals surface area contributed by atoms with Crippen molar-refractivity contribution in [3.05, 3.63) is 35.9 Å². The molecule has 2 rings (SSSR count). The summed E-state index contributed by atoms with van der Waals surface area (Å²) in [4.78, 5) is 27.1. The summed E-state index contributed by atoms with van der Waals surface area (Å²) < 4.78 is 5.39. The van der Waals surface area contributed by atoms with E-state index in [9.17, 15) is 9.59 Å². The first kappa shape index (κ1) is 22.5. The van der Waals surface area contributed by atoms with Crippen LogP contribution >= 0.6 is 12.4 Å². The Kier molecular flexibility index (Phi) is 10.3. The smallest absolute Gasteiger partial charge is 0.333 e. The van der Waals surface area contributed by atoms with Gasteiger partial charge in [0.25, 0.3) is 0 Å². The first-order valence-corrected chi connectivity index (χ1v) is 9.29. The van der Waals surface area contributed by atoms with Crippen molar-refractivity contribution < 1.29 is 14.3 Å². The number of carbonyl (C=O) groups is 2. The molecule has 1 amide bonds. The van der Waals surface area contributed by atoms with E-state index in [1.165, 1.54) is 6.42 Å². The molecule has 0 unspecified atom stereocenters. The molecule has 1 aliphatic rings. The number of hydrogen-bond donors (Lipinski definition) is 1. The maximum absolute atomic E-state index is 12.5. The topological polar surface area (TPSA) is 58.6 Å². The van der Waals surface area contributed by atoms with Crippen LogP contribution in [-0.4, -0.2) is 43.0 Å². The molecule has 0 bridgehead atoms. The molecule has 0 aliphatic carbocycles. The van der Waals surface area contributed by atoms with E-state index in [0.29, 0.717) is 19.1 Å². The number of ether oxygens (including phenoxy) is 1. The highest BCUT2D eigenvalue weighted by Crippen LogP contribution is 2.16. The molecule has 0 radical (unpaired) electrons. The van der Waals surface area contributed by atoms with Gasteiger partial charge in [0.15, 0.2) is 6.04 Å². The van der Waals surface area contributed by atoms with Gasteiger partial charge < -0.3 is 10.1 Å². The lowest BCUT2D eigenvalue weighted by molar-refractivity contribution is -0.148. The number of likely N-dealkylation sites (tertiary alicyclic amines) is 1. The molecule has 1 aliphatic heterocycles. The zero-order chi connectivity index (χ0) is 18.1. The second-order valence-electron chi connectivity index (χ2n) is 7.10. The predicted octanol–water partition coefficient (Wildman–Crippen LogP) is 3.34. The molecular formula is C20H31ClN2O3. The Labute approximate surface area is 162 Å². The number of piperidine rings is 1. The Balaban J connectivity index is 0.00000338. The molecule has 1 heterocycles. The molecule has 5 nitrogen and oxygen atoms in total. The van der Waals surface area contributed by atoms with Crippen LogP contribution < -0.4 is 5.32 Å². The van der Waals surface area contributed by atoms with E-state index in [4.69, 9.17) is 4.74 Å². The van der Waals surface area contributed by atoms with Gasteiger partial charge in [0, 0.05) is 0 Å². The molecule has 0 aromatic heterocycles. The fourth-order valence-corrected chi connectivity index (χ4v) is 2.93. The second kappa shape index (κ2) is 11.9. The van der Waals surface area contributed by atoms with Gasteiger partial charge in [-0.2, -0.15) is 0 Å². The van der Waals surface area contributed by atoms with Gasteiger partial charge in [-0.15, -0.1) is 12.4 Å². The van der Waals surface area contributed by atoms with Crippen LogP contribution in [0.15, 0.2) is 30.3 Å². The summed E-state index contributed by atoms with van der Waals surface area (Å²) in [7, 11) is 0. The molecule has 146 valence electrons. The van der Waals surface area contributed by atoms with Crippen molar-refractivity contribution in [2.24, 2.45) is 5.92 Å². The van der Waals surface area contributed by atoms with Crippen LogP contribution in [0, 0.1) is 5.92 Å². The van der Waals surface area contributed by atoms with Crippen LogP contribution in [0.1, 0.15) is 51.1 Å². The first-order chi connectivity index (χ1) is 12.1. The zero-order valence-corrected chi connectivity index (χ0v) is 16.6. The van der Waals surface area contributed by atoms with Crippen LogP contribution in [0.4, 0.5) is 0 Å². The van der Waals surface area contributed by atoms with Gasteiger partial charge in [-0.1, -0.05) is 50.6 Å². The summed E-state index contributed by atoms with van der Waals surface area (Å²) in [6.07, 6.45) is 4.31. The average molecular weight is 383 g/mol. The van der Waals surface area contributed by atoms with Gasteiger partial charge in [-0.3, -0.25) is 9.69 Å². The Hall–Kier alpha value is -1.59. The largest absolute Gasteiger partial charge is 0.464 e. The normalized spacial score (nSPS) is 15.8. The molecule has 1 atom stereocenters. The summed E-state index contributed by atoms with van der Waals surface area (Å²) in [5, 5.41) is 2.86. The Bertz CT molecular complexity index is 545. The van der Waals surface area contributed by atoms with Crippen LogP contribution in [-0.2, 0) is 14.3 Å². The third-order valence-electron chi connectivity index (χ3n) is 4.43. The molecule has 26 heavy (non-hydrogen) atoms. The van der Waals surface area contributed by atoms with Gasteiger partial charge in [0.2, 0.25) is 5.91 Å². The standard InChI is InChI=1S/C20H30N2O3.ClH/c1-16(2)11-14-25-20(24)19(17-9-5-3-6-10-17)21-18(23)15-22-12-7-4-8-13-22;/h3,5-6,9-10,16,19H,4,7-8,11-15H2,1-2H3,(H,21,23);1H/t19-;/m0./s1. The minimum atomic E-state index is -0.745. The Morgan fingerprint density at radius 2 is 1.77 bits per heavy atom. The van der Waals surface area contributed by atoms with E-state index in [1.807, 2.05) is 30.3 Å². The van der Waals surface area contributed by atoms with Gasteiger partial charge in [-0.05, 0) is 43.8 Å². The minimum Gasteiger partial charge on any atom is -0.464 e. The Morgan fingerprint density at radius 1 is 1.12 bits per heavy atom. The van der Waals surface area contributed by atoms with Crippen molar-refractivity contribution in [2.75, 3.05) is 26.2 Å². The highest BCUT2D eigenvalue weighted by molar-refractivity contribution is 5.86. The molecule has 1 saturated heterocycles. The van der Waals surface area contributed by atoms with Gasteiger partial charge in [-0.25, -0.2) is 4.79 Å². The molecule has 1 N–H and O–H groups in total. The van der Waals surface area contributed by atoms with Gasteiger partial charge in [0.05, 0.1) is 13.2 Å². The maximum Gasteiger partial charge on any atom is 0.333 e. The van der Waals surface area contributed by atoms with E-state index >= 15 is 0 Å². The molecule has 0 spiro atoms. The average Bonchev–Trinajstić information content (AvgIpc) is 2.61. The van der Waals surface area contributed by atoms with E-state index in [2.05, 4.69) is 24.1 Å². The fourth-order valence-electron chi connectivity index (χ4n) is 2.93. The quantitative estimate of drug-likeness (QED) is 0.700. The van der Waals surface area contributed by atoms with Crippen molar-refractivity contribution in [3.63, 3.8) is 0 Å². The van der Waals surface area contributed by atoms with Crippen molar-refractivity contribution in [1.29, 1.82) is 0 Å². The minimum absolute atomic E-state index is 0. The third-order valence-corrected chi connectivity index (χ3v) is 4.43. The molecule has 0 saturated carbocycles. The number of esters is 1. The summed E-state index contributed by atoms with van der Waals surface area (Å²) in [6.45, 7) is 6.78. The molecule has 6 heteroatoms. The number of amides is 1. The van der Waals surface area contributed by atoms with Crippen molar-refractivity contribution in [1.82, 2.24) is 10.2 Å². The third kappa shape index (κ3) is 7.75. The number of hydrogen-bond acceptors (Lipinski definition) is 4. The highest BCUT2D eigenvalue weighted by Gasteiger charge is 2.25. The molecule has 1 fully saturated rings. The number of carbonyl (C=O) groups excluding carboxylic acids is 2. The van der Waals surface area contributed by atoms with E-state index in [0.717, 1.165) is 37.9 Å². The van der Waals surface area contributed by atoms with Gasteiger partial charge in [0.1, 0.15) is 0 Å². The molecule has 1 aromatic rings. The lowest BCUT2D eigenvalue weighted by atomic mass is 10.1. The molecular weight excluding hydrogens is 352 g/mol. The number of nitrogens with one attached hydrogen (secondary N) is 1. The van der Waals surface area contributed by atoms with Crippen molar-refractivity contribution in [2.45, 2.75) is 45.6 Å². The summed E-state index contributed by atoms with van der Waals surface area (Å²) in [5.74, 6) is -0.0490. The second-order valence-corrected chi connectivity index (χ2v) is 7.10. The van der Waals surface area contributed by atoms with Crippen molar-refractivity contribution in [3.8, 4) is 0 Å².